The molecule has 1 fully saturated rings. The van der Waals surface area contributed by atoms with Crippen LogP contribution in [0.2, 0.25) is 0 Å². The smallest absolute Gasteiger partial charge is 0.0843 e. The average Bonchev–Trinajstić information content (AvgIpc) is 2.68. The highest BCUT2D eigenvalue weighted by molar-refractivity contribution is 9.13. The van der Waals surface area contributed by atoms with Crippen molar-refractivity contribution < 1.29 is 0 Å². The topological polar surface area (TPSA) is 38.0 Å². The van der Waals surface area contributed by atoms with E-state index in [1.807, 2.05) is 0 Å². The van der Waals surface area contributed by atoms with Gasteiger partial charge in [-0.3, -0.25) is 11.3 Å². The van der Waals surface area contributed by atoms with E-state index in [0.29, 0.717) is 6.04 Å². The zero-order chi connectivity index (χ0) is 12.3. The molecule has 0 spiro atoms. The third kappa shape index (κ3) is 3.77. The van der Waals surface area contributed by atoms with Crippen LogP contribution >= 0.6 is 43.2 Å². The summed E-state index contributed by atoms with van der Waals surface area (Å²) in [5.41, 5.74) is 2.97. The maximum atomic E-state index is 5.71. The lowest BCUT2D eigenvalue weighted by Gasteiger charge is -2.25. The summed E-state index contributed by atoms with van der Waals surface area (Å²) >= 11 is 8.84. The molecule has 2 nitrogen and oxygen atoms in total. The van der Waals surface area contributed by atoms with Gasteiger partial charge in [0, 0.05) is 9.35 Å². The fourth-order valence-electron chi connectivity index (χ4n) is 2.56. The minimum absolute atomic E-state index is 0.297. The highest BCUT2D eigenvalue weighted by atomic mass is 79.9. The van der Waals surface area contributed by atoms with Gasteiger partial charge >= 0.3 is 0 Å². The summed E-state index contributed by atoms with van der Waals surface area (Å²) in [4.78, 5) is 1.32. The molecular formula is C12H18Br2N2S. The van der Waals surface area contributed by atoms with Crippen molar-refractivity contribution in [1.29, 1.82) is 0 Å². The number of hydrogen-bond acceptors (Lipinski definition) is 3. The Morgan fingerprint density at radius 3 is 2.59 bits per heavy atom. The number of hydrogen-bond donors (Lipinski definition) is 2. The minimum atomic E-state index is 0.297. The van der Waals surface area contributed by atoms with Crippen LogP contribution in [-0.2, 0) is 0 Å². The van der Waals surface area contributed by atoms with Crippen molar-refractivity contribution in [2.24, 2.45) is 11.8 Å². The predicted molar refractivity (Wildman–Crippen MR) is 81.0 cm³/mol. The molecule has 0 aromatic carbocycles. The number of nitrogens with two attached hydrogens (primary N) is 1. The maximum absolute atomic E-state index is 5.71. The summed E-state index contributed by atoms with van der Waals surface area (Å²) in [6.07, 6.45) is 8.08. The Labute approximate surface area is 124 Å². The summed E-state index contributed by atoms with van der Waals surface area (Å²) < 4.78 is 2.28. The molecule has 1 atom stereocenters. The third-order valence-electron chi connectivity index (χ3n) is 3.50. The summed E-state index contributed by atoms with van der Waals surface area (Å²) in [7, 11) is 0. The maximum Gasteiger partial charge on any atom is 0.0843 e. The van der Waals surface area contributed by atoms with Crippen LogP contribution in [0.25, 0.3) is 0 Å². The zero-order valence-electron chi connectivity index (χ0n) is 9.72. The van der Waals surface area contributed by atoms with Crippen LogP contribution in [0, 0.1) is 5.92 Å². The molecule has 1 aromatic rings. The van der Waals surface area contributed by atoms with E-state index in [0.717, 1.165) is 20.6 Å². The lowest BCUT2D eigenvalue weighted by atomic mass is 9.84. The van der Waals surface area contributed by atoms with Crippen LogP contribution in [0.5, 0.6) is 0 Å². The van der Waals surface area contributed by atoms with Gasteiger partial charge in [-0.2, -0.15) is 0 Å². The third-order valence-corrected chi connectivity index (χ3v) is 6.87. The first kappa shape index (κ1) is 14.0. The van der Waals surface area contributed by atoms with E-state index in [2.05, 4.69) is 43.4 Å². The molecule has 1 heterocycles. The van der Waals surface area contributed by atoms with Crippen molar-refractivity contribution in [2.75, 3.05) is 0 Å². The Hall–Kier alpha value is 0.580. The number of nitrogens with one attached hydrogen (secondary N) is 1. The monoisotopic (exact) mass is 380 g/mol. The van der Waals surface area contributed by atoms with Crippen LogP contribution in [0.4, 0.5) is 0 Å². The van der Waals surface area contributed by atoms with Crippen molar-refractivity contribution in [3.63, 3.8) is 0 Å². The van der Waals surface area contributed by atoms with Gasteiger partial charge in [0.25, 0.3) is 0 Å². The van der Waals surface area contributed by atoms with Crippen LogP contribution in [0.3, 0.4) is 0 Å². The second-order valence-corrected chi connectivity index (χ2v) is 7.99. The van der Waals surface area contributed by atoms with Gasteiger partial charge in [0.1, 0.15) is 0 Å². The lowest BCUT2D eigenvalue weighted by Crippen LogP contribution is -2.29. The van der Waals surface area contributed by atoms with Crippen molar-refractivity contribution in [1.82, 2.24) is 5.43 Å². The highest BCUT2D eigenvalue weighted by Crippen LogP contribution is 2.39. The molecule has 1 saturated carbocycles. The Morgan fingerprint density at radius 1 is 1.35 bits per heavy atom. The fraction of sp³-hybridized carbons (Fsp3) is 0.667. The molecule has 0 amide bonds. The van der Waals surface area contributed by atoms with Gasteiger partial charge in [-0.25, -0.2) is 0 Å². The normalized spacial score (nSPS) is 19.5. The Bertz CT molecular complexity index is 342. The molecule has 0 saturated heterocycles. The van der Waals surface area contributed by atoms with Crippen molar-refractivity contribution in [2.45, 2.75) is 44.6 Å². The van der Waals surface area contributed by atoms with E-state index >= 15 is 0 Å². The van der Waals surface area contributed by atoms with E-state index < -0.39 is 0 Å². The van der Waals surface area contributed by atoms with Crippen molar-refractivity contribution in [3.05, 3.63) is 19.2 Å². The average molecular weight is 382 g/mol. The molecule has 1 unspecified atom stereocenters. The Morgan fingerprint density at radius 2 is 2.06 bits per heavy atom. The van der Waals surface area contributed by atoms with Crippen molar-refractivity contribution in [3.8, 4) is 0 Å². The van der Waals surface area contributed by atoms with Gasteiger partial charge in [-0.05, 0) is 50.3 Å². The molecule has 5 heteroatoms. The molecule has 3 N–H and O–H groups in total. The van der Waals surface area contributed by atoms with Gasteiger partial charge in [0.15, 0.2) is 0 Å². The van der Waals surface area contributed by atoms with Crippen LogP contribution in [-0.4, -0.2) is 0 Å². The van der Waals surface area contributed by atoms with Gasteiger partial charge < -0.3 is 0 Å². The number of hydrazine groups is 1. The van der Waals surface area contributed by atoms with Crippen LogP contribution in [0.1, 0.15) is 49.4 Å². The molecule has 17 heavy (non-hydrogen) atoms. The van der Waals surface area contributed by atoms with E-state index in [1.165, 1.54) is 37.0 Å². The van der Waals surface area contributed by atoms with Gasteiger partial charge in [-0.15, -0.1) is 11.3 Å². The van der Waals surface area contributed by atoms with E-state index in [1.54, 1.807) is 11.3 Å². The Kier molecular flexibility index (Phi) is 5.49. The molecule has 1 aliphatic carbocycles. The molecular weight excluding hydrogens is 364 g/mol. The van der Waals surface area contributed by atoms with Gasteiger partial charge in [0.2, 0.25) is 0 Å². The molecule has 0 radical (unpaired) electrons. The second-order valence-electron chi connectivity index (χ2n) is 4.73. The molecule has 0 aliphatic heterocycles. The van der Waals surface area contributed by atoms with E-state index in [4.69, 9.17) is 5.84 Å². The highest BCUT2D eigenvalue weighted by Gasteiger charge is 2.21. The summed E-state index contributed by atoms with van der Waals surface area (Å²) in [5, 5.41) is 0. The largest absolute Gasteiger partial charge is 0.271 e. The van der Waals surface area contributed by atoms with E-state index in [-0.39, 0.29) is 0 Å². The SMILES string of the molecule is NNC(CC1CCCCC1)c1cc(Br)c(Br)s1. The van der Waals surface area contributed by atoms with Crippen molar-refractivity contribution >= 4 is 43.2 Å². The first-order chi connectivity index (χ1) is 8.20. The standard InChI is InChI=1S/C12H18Br2N2S/c13-9-7-11(17-12(9)14)10(16-15)6-8-4-2-1-3-5-8/h7-8,10,16H,1-6,15H2. The summed E-state index contributed by atoms with van der Waals surface area (Å²) in [6.45, 7) is 0. The Balaban J connectivity index is 2.00. The molecule has 1 aliphatic rings. The fourth-order valence-corrected chi connectivity index (χ4v) is 4.72. The molecule has 1 aromatic heterocycles. The summed E-state index contributed by atoms with van der Waals surface area (Å²) in [6, 6.07) is 2.47. The zero-order valence-corrected chi connectivity index (χ0v) is 13.7. The van der Waals surface area contributed by atoms with E-state index in [9.17, 15) is 0 Å². The number of rotatable bonds is 4. The number of thiophene rings is 1. The van der Waals surface area contributed by atoms with Gasteiger partial charge in [0.05, 0.1) is 9.83 Å². The van der Waals surface area contributed by atoms with Gasteiger partial charge in [-0.1, -0.05) is 32.1 Å². The second kappa shape index (κ2) is 6.66. The minimum Gasteiger partial charge on any atom is -0.271 e. The predicted octanol–water partition coefficient (Wildman–Crippen LogP) is 4.75. The molecule has 96 valence electrons. The first-order valence-electron chi connectivity index (χ1n) is 6.11. The lowest BCUT2D eigenvalue weighted by molar-refractivity contribution is 0.302. The quantitative estimate of drug-likeness (QED) is 0.583. The number of halogens is 2. The van der Waals surface area contributed by atoms with Crippen LogP contribution < -0.4 is 11.3 Å². The molecule has 0 bridgehead atoms. The van der Waals surface area contributed by atoms with Crippen LogP contribution in [0.15, 0.2) is 14.3 Å². The summed E-state index contributed by atoms with van der Waals surface area (Å²) in [5.74, 6) is 6.54. The first-order valence-corrected chi connectivity index (χ1v) is 8.52. The molecule has 2 rings (SSSR count).